The molecule has 2 heteroatoms. The van der Waals surface area contributed by atoms with Gasteiger partial charge in [-0.15, -0.1) is 0 Å². The molecule has 0 aromatic rings. The highest BCUT2D eigenvalue weighted by molar-refractivity contribution is 5.31. The van der Waals surface area contributed by atoms with Crippen molar-refractivity contribution < 1.29 is 4.39 Å². The third kappa shape index (κ3) is 4.70. The summed E-state index contributed by atoms with van der Waals surface area (Å²) in [5.41, 5.74) is 1.14. The zero-order valence-electron chi connectivity index (χ0n) is 13.2. The molecule has 0 bridgehead atoms. The van der Waals surface area contributed by atoms with Crippen molar-refractivity contribution >= 4 is 0 Å². The molecule has 1 nitrogen and oxygen atoms in total. The number of halogens is 1. The Kier molecular flexibility index (Phi) is 6.49. The second-order valence-electron chi connectivity index (χ2n) is 6.69. The molecule has 0 saturated heterocycles. The third-order valence-corrected chi connectivity index (χ3v) is 5.12. The van der Waals surface area contributed by atoms with Crippen molar-refractivity contribution in [2.24, 2.45) is 17.8 Å². The van der Waals surface area contributed by atoms with Crippen LogP contribution in [0.3, 0.4) is 0 Å². The SMILES string of the molecule is CCCCCCC1CCC(C2=CC(F)C(C#N)C=C2)CC1. The second-order valence-corrected chi connectivity index (χ2v) is 6.69. The van der Waals surface area contributed by atoms with E-state index in [1.54, 1.807) is 12.2 Å². The van der Waals surface area contributed by atoms with E-state index in [4.69, 9.17) is 5.26 Å². The normalized spacial score (nSPS) is 32.5. The van der Waals surface area contributed by atoms with E-state index in [9.17, 15) is 4.39 Å². The Hall–Kier alpha value is -1.10. The number of nitrogens with zero attached hydrogens (tertiary/aromatic N) is 1. The summed E-state index contributed by atoms with van der Waals surface area (Å²) in [4.78, 5) is 0. The molecule has 2 atom stereocenters. The van der Waals surface area contributed by atoms with Crippen molar-refractivity contribution in [1.82, 2.24) is 0 Å². The van der Waals surface area contributed by atoms with Crippen LogP contribution in [0, 0.1) is 29.1 Å². The quantitative estimate of drug-likeness (QED) is 0.572. The van der Waals surface area contributed by atoms with Crippen molar-refractivity contribution in [2.45, 2.75) is 70.9 Å². The molecule has 2 aliphatic carbocycles. The van der Waals surface area contributed by atoms with Gasteiger partial charge in [-0.3, -0.25) is 0 Å². The fraction of sp³-hybridized carbons (Fsp3) is 0.737. The standard InChI is InChI=1S/C19H28FN/c1-2-3-4-5-6-15-7-9-16(10-8-15)17-11-12-18(14-21)19(20)13-17/h11-13,15-16,18-19H,2-10H2,1H3. The molecule has 0 heterocycles. The van der Waals surface area contributed by atoms with Gasteiger partial charge in [0.2, 0.25) is 0 Å². The summed E-state index contributed by atoms with van der Waals surface area (Å²) in [6, 6.07) is 2.01. The van der Waals surface area contributed by atoms with Crippen LogP contribution in [0.4, 0.5) is 4.39 Å². The number of hydrogen-bond donors (Lipinski definition) is 0. The molecule has 21 heavy (non-hydrogen) atoms. The summed E-state index contributed by atoms with van der Waals surface area (Å²) in [6.45, 7) is 2.26. The van der Waals surface area contributed by atoms with E-state index in [0.717, 1.165) is 11.5 Å². The smallest absolute Gasteiger partial charge is 0.138 e. The van der Waals surface area contributed by atoms with Crippen molar-refractivity contribution in [3.05, 3.63) is 23.8 Å². The second kappa shape index (κ2) is 8.37. The highest BCUT2D eigenvalue weighted by atomic mass is 19.1. The summed E-state index contributed by atoms with van der Waals surface area (Å²) in [5.74, 6) is 0.828. The van der Waals surface area contributed by atoms with E-state index in [2.05, 4.69) is 6.92 Å². The molecule has 0 N–H and O–H groups in total. The maximum absolute atomic E-state index is 13.8. The van der Waals surface area contributed by atoms with Gasteiger partial charge in [0.05, 0.1) is 12.0 Å². The van der Waals surface area contributed by atoms with Crippen LogP contribution in [0.15, 0.2) is 23.8 Å². The Morgan fingerprint density at radius 1 is 1.19 bits per heavy atom. The molecule has 1 saturated carbocycles. The van der Waals surface area contributed by atoms with E-state index in [1.807, 2.05) is 12.1 Å². The van der Waals surface area contributed by atoms with Gasteiger partial charge in [0.25, 0.3) is 0 Å². The van der Waals surface area contributed by atoms with Gasteiger partial charge in [0.15, 0.2) is 0 Å². The third-order valence-electron chi connectivity index (χ3n) is 5.12. The van der Waals surface area contributed by atoms with E-state index >= 15 is 0 Å². The van der Waals surface area contributed by atoms with Gasteiger partial charge in [0.1, 0.15) is 6.17 Å². The van der Waals surface area contributed by atoms with Gasteiger partial charge in [-0.1, -0.05) is 51.2 Å². The van der Waals surface area contributed by atoms with Gasteiger partial charge in [0, 0.05) is 0 Å². The lowest BCUT2D eigenvalue weighted by Crippen LogP contribution is -2.20. The fourth-order valence-electron chi connectivity index (χ4n) is 3.69. The number of hydrogen-bond acceptors (Lipinski definition) is 1. The van der Waals surface area contributed by atoms with Crippen LogP contribution in [-0.2, 0) is 0 Å². The molecule has 0 radical (unpaired) electrons. The van der Waals surface area contributed by atoms with Gasteiger partial charge >= 0.3 is 0 Å². The van der Waals surface area contributed by atoms with Crippen LogP contribution < -0.4 is 0 Å². The predicted octanol–water partition coefficient (Wildman–Crippen LogP) is 5.74. The first-order chi connectivity index (χ1) is 10.2. The molecule has 2 unspecified atom stereocenters. The van der Waals surface area contributed by atoms with Crippen LogP contribution in [0.25, 0.3) is 0 Å². The average Bonchev–Trinajstić information content (AvgIpc) is 2.52. The van der Waals surface area contributed by atoms with Crippen molar-refractivity contribution in [1.29, 1.82) is 5.26 Å². The molecule has 0 spiro atoms. The lowest BCUT2D eigenvalue weighted by molar-refractivity contribution is 0.279. The van der Waals surface area contributed by atoms with Crippen LogP contribution in [-0.4, -0.2) is 6.17 Å². The molecule has 116 valence electrons. The lowest BCUT2D eigenvalue weighted by atomic mass is 9.75. The van der Waals surface area contributed by atoms with Crippen LogP contribution >= 0.6 is 0 Å². The zero-order chi connectivity index (χ0) is 15.1. The van der Waals surface area contributed by atoms with Crippen molar-refractivity contribution in [3.63, 3.8) is 0 Å². The summed E-state index contributed by atoms with van der Waals surface area (Å²) in [5, 5.41) is 8.84. The number of alkyl halides is 1. The molecular weight excluding hydrogens is 261 g/mol. The Bertz CT molecular complexity index is 410. The van der Waals surface area contributed by atoms with E-state index in [1.165, 1.54) is 57.8 Å². The topological polar surface area (TPSA) is 23.8 Å². The number of allylic oxidation sites excluding steroid dienone is 4. The molecule has 0 aromatic heterocycles. The highest BCUT2D eigenvalue weighted by Crippen LogP contribution is 2.37. The largest absolute Gasteiger partial charge is 0.241 e. The molecular formula is C19H28FN. The summed E-state index contributed by atoms with van der Waals surface area (Å²) >= 11 is 0. The zero-order valence-corrected chi connectivity index (χ0v) is 13.2. The molecule has 0 aromatic carbocycles. The summed E-state index contributed by atoms with van der Waals surface area (Å²) in [6.07, 6.45) is 16.1. The first kappa shape index (κ1) is 16.3. The van der Waals surface area contributed by atoms with Crippen molar-refractivity contribution in [3.8, 4) is 6.07 Å². The molecule has 2 aliphatic rings. The molecule has 0 aliphatic heterocycles. The van der Waals surface area contributed by atoms with Gasteiger partial charge in [-0.2, -0.15) is 5.26 Å². The van der Waals surface area contributed by atoms with Gasteiger partial charge in [-0.05, 0) is 49.2 Å². The predicted molar refractivity (Wildman–Crippen MR) is 85.4 cm³/mol. The summed E-state index contributed by atoms with van der Waals surface area (Å²) in [7, 11) is 0. The fourth-order valence-corrected chi connectivity index (χ4v) is 3.69. The molecule has 0 amide bonds. The lowest BCUT2D eigenvalue weighted by Gasteiger charge is -2.30. The Balaban J connectivity index is 1.74. The van der Waals surface area contributed by atoms with E-state index < -0.39 is 12.1 Å². The minimum absolute atomic E-state index is 0.519. The Morgan fingerprint density at radius 3 is 2.57 bits per heavy atom. The number of unbranched alkanes of at least 4 members (excludes halogenated alkanes) is 3. The van der Waals surface area contributed by atoms with Crippen LogP contribution in [0.2, 0.25) is 0 Å². The monoisotopic (exact) mass is 289 g/mol. The summed E-state index contributed by atoms with van der Waals surface area (Å²) < 4.78 is 13.8. The van der Waals surface area contributed by atoms with Crippen molar-refractivity contribution in [2.75, 3.05) is 0 Å². The molecule has 2 rings (SSSR count). The number of rotatable bonds is 6. The minimum atomic E-state index is -1.11. The van der Waals surface area contributed by atoms with Crippen LogP contribution in [0.1, 0.15) is 64.7 Å². The first-order valence-electron chi connectivity index (χ1n) is 8.68. The average molecular weight is 289 g/mol. The van der Waals surface area contributed by atoms with Gasteiger partial charge in [-0.25, -0.2) is 4.39 Å². The first-order valence-corrected chi connectivity index (χ1v) is 8.68. The van der Waals surface area contributed by atoms with Crippen LogP contribution in [0.5, 0.6) is 0 Å². The van der Waals surface area contributed by atoms with E-state index in [-0.39, 0.29) is 0 Å². The highest BCUT2D eigenvalue weighted by Gasteiger charge is 2.27. The Labute approximate surface area is 128 Å². The maximum Gasteiger partial charge on any atom is 0.138 e. The maximum atomic E-state index is 13.8. The van der Waals surface area contributed by atoms with E-state index in [0.29, 0.717) is 5.92 Å². The minimum Gasteiger partial charge on any atom is -0.241 e. The van der Waals surface area contributed by atoms with Gasteiger partial charge < -0.3 is 0 Å². The Morgan fingerprint density at radius 2 is 1.95 bits per heavy atom. The number of nitriles is 1. The molecule has 1 fully saturated rings.